The number of hydrogen-bond acceptors (Lipinski definition) is 6. The fraction of sp³-hybridized carbons (Fsp3) is 0.130. The number of aliphatic hydroxyl groups is 1. The molecule has 0 spiro atoms. The van der Waals surface area contributed by atoms with E-state index in [9.17, 15) is 27.9 Å². The number of alkyl halides is 3. The Morgan fingerprint density at radius 3 is 2.21 bits per heavy atom. The molecule has 33 heavy (non-hydrogen) atoms. The number of anilines is 1. The average molecular weight is 475 g/mol. The second kappa shape index (κ2) is 8.62. The number of rotatable bonds is 6. The van der Waals surface area contributed by atoms with E-state index in [1.807, 2.05) is 0 Å². The zero-order valence-corrected chi connectivity index (χ0v) is 17.8. The monoisotopic (exact) mass is 475 g/mol. The molecule has 0 radical (unpaired) electrons. The molecule has 0 bridgehead atoms. The molecule has 6 nitrogen and oxygen atoms in total. The number of nitrogens with zero attached hydrogens (tertiary/aromatic N) is 1. The maximum atomic E-state index is 13.2. The van der Waals surface area contributed by atoms with Crippen molar-refractivity contribution < 1.29 is 37.3 Å². The predicted molar refractivity (Wildman–Crippen MR) is 115 cm³/mol. The van der Waals surface area contributed by atoms with Crippen LogP contribution in [0.3, 0.4) is 0 Å². The number of carbonyl (C=O) groups is 2. The van der Waals surface area contributed by atoms with Crippen molar-refractivity contribution in [2.24, 2.45) is 0 Å². The molecule has 3 aromatic rings. The third kappa shape index (κ3) is 4.42. The summed E-state index contributed by atoms with van der Waals surface area (Å²) in [5, 5.41) is 12.4. The van der Waals surface area contributed by atoms with Crippen molar-refractivity contribution in [3.05, 3.63) is 87.8 Å². The number of Topliss-reactive ketones (excluding diaryl/α,β-unsaturated/α-hetero) is 1. The first kappa shape index (κ1) is 22.4. The normalized spacial score (nSPS) is 16.3. The van der Waals surface area contributed by atoms with E-state index in [0.29, 0.717) is 16.2 Å². The van der Waals surface area contributed by atoms with Gasteiger partial charge in [-0.25, -0.2) is 0 Å². The largest absolute Gasteiger partial charge is 0.573 e. The Morgan fingerprint density at radius 1 is 1.03 bits per heavy atom. The number of hydrogen-bond donors (Lipinski definition) is 1. The lowest BCUT2D eigenvalue weighted by Gasteiger charge is -2.27. The van der Waals surface area contributed by atoms with E-state index in [2.05, 4.69) is 4.74 Å². The fourth-order valence-corrected chi connectivity index (χ4v) is 4.23. The molecule has 2 heterocycles. The van der Waals surface area contributed by atoms with Gasteiger partial charge in [0.2, 0.25) is 5.78 Å². The number of ketones is 1. The van der Waals surface area contributed by atoms with Crippen molar-refractivity contribution >= 4 is 28.7 Å². The van der Waals surface area contributed by atoms with E-state index in [0.717, 1.165) is 28.4 Å². The van der Waals surface area contributed by atoms with Gasteiger partial charge in [-0.2, -0.15) is 0 Å². The Labute approximate surface area is 190 Å². The molecule has 0 aliphatic carbocycles. The fourth-order valence-electron chi connectivity index (χ4n) is 3.55. The van der Waals surface area contributed by atoms with Crippen LogP contribution in [0.15, 0.2) is 77.4 Å². The van der Waals surface area contributed by atoms with Crippen molar-refractivity contribution in [2.75, 3.05) is 12.0 Å². The lowest BCUT2D eigenvalue weighted by atomic mass is 9.95. The summed E-state index contributed by atoms with van der Waals surface area (Å²) >= 11 is 1.16. The molecule has 10 heteroatoms. The summed E-state index contributed by atoms with van der Waals surface area (Å²) in [5.41, 5.74) is 0.558. The Bertz CT molecular complexity index is 1200. The van der Waals surface area contributed by atoms with Gasteiger partial charge in [-0.3, -0.25) is 14.5 Å². The maximum absolute atomic E-state index is 13.2. The highest BCUT2D eigenvalue weighted by atomic mass is 32.1. The van der Waals surface area contributed by atoms with Crippen LogP contribution in [0.4, 0.5) is 18.9 Å². The molecular weight excluding hydrogens is 459 g/mol. The van der Waals surface area contributed by atoms with Gasteiger partial charge in [0.1, 0.15) is 11.5 Å². The topological polar surface area (TPSA) is 76.1 Å². The number of ether oxygens (including phenoxy) is 2. The molecule has 0 fully saturated rings. The van der Waals surface area contributed by atoms with E-state index >= 15 is 0 Å². The summed E-state index contributed by atoms with van der Waals surface area (Å²) < 4.78 is 46.5. The summed E-state index contributed by atoms with van der Waals surface area (Å²) in [4.78, 5) is 27.7. The number of aliphatic hydroxyl groups excluding tert-OH is 1. The first-order chi connectivity index (χ1) is 15.7. The van der Waals surface area contributed by atoms with Gasteiger partial charge in [-0.05, 0) is 53.4 Å². The first-order valence-electron chi connectivity index (χ1n) is 9.54. The zero-order valence-electron chi connectivity index (χ0n) is 17.0. The molecule has 1 N–H and O–H groups in total. The molecule has 0 saturated heterocycles. The number of thiophene rings is 1. The van der Waals surface area contributed by atoms with Crippen molar-refractivity contribution in [3.8, 4) is 11.5 Å². The van der Waals surface area contributed by atoms with Gasteiger partial charge in [-0.15, -0.1) is 24.5 Å². The van der Waals surface area contributed by atoms with E-state index in [4.69, 9.17) is 4.74 Å². The second-order valence-electron chi connectivity index (χ2n) is 6.96. The minimum Gasteiger partial charge on any atom is -0.503 e. The van der Waals surface area contributed by atoms with Gasteiger partial charge in [0.05, 0.1) is 23.6 Å². The summed E-state index contributed by atoms with van der Waals surface area (Å²) in [5.74, 6) is -2.00. The van der Waals surface area contributed by atoms with Crippen LogP contribution < -0.4 is 14.4 Å². The number of amides is 1. The van der Waals surface area contributed by atoms with E-state index < -0.39 is 35.6 Å². The van der Waals surface area contributed by atoms with Gasteiger partial charge >= 0.3 is 6.36 Å². The third-order valence-corrected chi connectivity index (χ3v) is 5.85. The van der Waals surface area contributed by atoms with Crippen LogP contribution in [0.1, 0.15) is 21.3 Å². The van der Waals surface area contributed by atoms with Crippen molar-refractivity contribution in [1.29, 1.82) is 0 Å². The van der Waals surface area contributed by atoms with Crippen molar-refractivity contribution in [2.45, 2.75) is 12.4 Å². The van der Waals surface area contributed by atoms with Crippen LogP contribution in [0.5, 0.6) is 11.5 Å². The van der Waals surface area contributed by atoms with Crippen LogP contribution in [-0.4, -0.2) is 30.3 Å². The lowest BCUT2D eigenvalue weighted by Crippen LogP contribution is -2.31. The molecule has 1 unspecified atom stereocenters. The highest BCUT2D eigenvalue weighted by Gasteiger charge is 2.45. The van der Waals surface area contributed by atoms with Gasteiger partial charge in [-0.1, -0.05) is 18.2 Å². The van der Waals surface area contributed by atoms with E-state index in [1.165, 1.54) is 19.2 Å². The molecule has 1 aliphatic heterocycles. The highest BCUT2D eigenvalue weighted by molar-refractivity contribution is 7.12. The van der Waals surface area contributed by atoms with Crippen LogP contribution in [0.25, 0.3) is 0 Å². The lowest BCUT2D eigenvalue weighted by molar-refractivity contribution is -0.274. The summed E-state index contributed by atoms with van der Waals surface area (Å²) in [6.45, 7) is 0. The molecule has 1 aromatic heterocycles. The Balaban J connectivity index is 1.78. The first-order valence-corrected chi connectivity index (χ1v) is 10.4. The van der Waals surface area contributed by atoms with E-state index in [1.54, 1.807) is 41.8 Å². The molecule has 2 aromatic carbocycles. The van der Waals surface area contributed by atoms with Gasteiger partial charge in [0, 0.05) is 5.69 Å². The Hall–Kier alpha value is -3.79. The standard InChI is InChI=1S/C23H16F3NO5S/c1-31-15-8-4-13(5-9-15)19-18(20(28)17-3-2-12-33-17)21(29)22(30)27(19)14-6-10-16(11-7-14)32-23(24,25)26/h2-12,19,29H,1H3. The maximum Gasteiger partial charge on any atom is 0.573 e. The predicted octanol–water partition coefficient (Wildman–Crippen LogP) is 5.44. The minimum atomic E-state index is -4.86. The molecule has 0 saturated carbocycles. The second-order valence-corrected chi connectivity index (χ2v) is 7.91. The quantitative estimate of drug-likeness (QED) is 0.481. The summed E-state index contributed by atoms with van der Waals surface area (Å²) in [6, 6.07) is 13.4. The Kier molecular flexibility index (Phi) is 5.86. The molecule has 1 amide bonds. The number of carbonyl (C=O) groups excluding carboxylic acids is 2. The van der Waals surface area contributed by atoms with Gasteiger partial charge in [0.15, 0.2) is 5.76 Å². The summed E-state index contributed by atoms with van der Waals surface area (Å²) in [7, 11) is 1.49. The molecule has 1 atom stereocenters. The molecule has 1 aliphatic rings. The zero-order chi connectivity index (χ0) is 23.8. The van der Waals surface area contributed by atoms with E-state index in [-0.39, 0.29) is 11.3 Å². The van der Waals surface area contributed by atoms with Crippen LogP contribution >= 0.6 is 11.3 Å². The van der Waals surface area contributed by atoms with Crippen LogP contribution in [-0.2, 0) is 4.79 Å². The van der Waals surface area contributed by atoms with Gasteiger partial charge < -0.3 is 14.6 Å². The molecular formula is C23H16F3NO5S. The number of benzene rings is 2. The van der Waals surface area contributed by atoms with Gasteiger partial charge in [0.25, 0.3) is 5.91 Å². The smallest absolute Gasteiger partial charge is 0.503 e. The SMILES string of the molecule is COc1ccc(C2C(C(=O)c3cccs3)=C(O)C(=O)N2c2ccc(OC(F)(F)F)cc2)cc1. The minimum absolute atomic E-state index is 0.122. The summed E-state index contributed by atoms with van der Waals surface area (Å²) in [6.07, 6.45) is -4.86. The number of halogens is 3. The van der Waals surface area contributed by atoms with Crippen molar-refractivity contribution in [1.82, 2.24) is 0 Å². The third-order valence-electron chi connectivity index (χ3n) is 4.98. The highest BCUT2D eigenvalue weighted by Crippen LogP contribution is 2.43. The molecule has 170 valence electrons. The molecule has 4 rings (SSSR count). The van der Waals surface area contributed by atoms with Crippen LogP contribution in [0.2, 0.25) is 0 Å². The van der Waals surface area contributed by atoms with Crippen molar-refractivity contribution in [3.63, 3.8) is 0 Å². The Morgan fingerprint density at radius 2 is 1.67 bits per heavy atom. The van der Waals surface area contributed by atoms with Crippen LogP contribution in [0, 0.1) is 0 Å². The number of methoxy groups -OCH3 is 1. The average Bonchev–Trinajstić information content (AvgIpc) is 3.41.